The van der Waals surface area contributed by atoms with E-state index in [1.54, 1.807) is 0 Å². The Hall–Kier alpha value is -0.730. The molecule has 0 unspecified atom stereocenters. The number of carbonyl (C=O) groups is 1. The minimum atomic E-state index is -1.46. The summed E-state index contributed by atoms with van der Waals surface area (Å²) in [6, 6.07) is 0. The highest BCUT2D eigenvalue weighted by Gasteiger charge is 2.38. The zero-order valence-electron chi connectivity index (χ0n) is 11.4. The van der Waals surface area contributed by atoms with E-state index in [0.29, 0.717) is 0 Å². The predicted octanol–water partition coefficient (Wildman–Crippen LogP) is -0.788. The van der Waals surface area contributed by atoms with Gasteiger partial charge in [-0.1, -0.05) is 0 Å². The van der Waals surface area contributed by atoms with Crippen LogP contribution in [0.4, 0.5) is 0 Å². The summed E-state index contributed by atoms with van der Waals surface area (Å²) in [4.78, 5) is 11.3. The van der Waals surface area contributed by atoms with Crippen molar-refractivity contribution in [3.8, 4) is 0 Å². The van der Waals surface area contributed by atoms with Crippen molar-refractivity contribution in [2.75, 3.05) is 42.2 Å². The van der Waals surface area contributed by atoms with Gasteiger partial charge in [0.15, 0.2) is 6.10 Å². The maximum Gasteiger partial charge on any atom is 0.337 e. The average molecular weight is 266 g/mol. The molecular weight excluding hydrogens is 244 g/mol. The molecule has 0 amide bonds. The third-order valence-electron chi connectivity index (χ3n) is 2.62. The maximum absolute atomic E-state index is 11.3. The zero-order valence-corrected chi connectivity index (χ0v) is 11.4. The van der Waals surface area contributed by atoms with Gasteiger partial charge >= 0.3 is 5.97 Å². The lowest BCUT2D eigenvalue weighted by molar-refractivity contribution is -0.178. The lowest BCUT2D eigenvalue weighted by Crippen LogP contribution is -2.51. The molecule has 0 rings (SSSR count). The summed E-state index contributed by atoms with van der Waals surface area (Å²) in [5, 5.41) is 9.82. The Labute approximate surface area is 107 Å². The fourth-order valence-electron chi connectivity index (χ4n) is 1.66. The van der Waals surface area contributed by atoms with Gasteiger partial charge in [-0.2, -0.15) is 0 Å². The number of aliphatic hydroxyl groups is 1. The standard InChI is InChI=1S/C11H22O7/c1-14-6-7(15-2)9(16-3)10(17-4)8(12)11(13)18-5/h7-10,12H,6H2,1-5H3/t7-,8-,9-,10-/m1/s1. The summed E-state index contributed by atoms with van der Waals surface area (Å²) in [5.41, 5.74) is 0. The Balaban J connectivity index is 4.89. The molecule has 4 atom stereocenters. The number of hydrogen-bond donors (Lipinski definition) is 1. The van der Waals surface area contributed by atoms with E-state index >= 15 is 0 Å². The quantitative estimate of drug-likeness (QED) is 0.548. The van der Waals surface area contributed by atoms with Crippen LogP contribution in [0.25, 0.3) is 0 Å². The second-order valence-electron chi connectivity index (χ2n) is 3.60. The third-order valence-corrected chi connectivity index (χ3v) is 2.62. The van der Waals surface area contributed by atoms with Crippen LogP contribution in [0.1, 0.15) is 0 Å². The van der Waals surface area contributed by atoms with Crippen LogP contribution < -0.4 is 0 Å². The van der Waals surface area contributed by atoms with E-state index < -0.39 is 30.4 Å². The molecular formula is C11H22O7. The summed E-state index contributed by atoms with van der Waals surface area (Å²) in [6.45, 7) is 0.239. The van der Waals surface area contributed by atoms with E-state index in [-0.39, 0.29) is 6.61 Å². The third kappa shape index (κ3) is 4.51. The lowest BCUT2D eigenvalue weighted by Gasteiger charge is -2.32. The minimum Gasteiger partial charge on any atom is -0.467 e. The van der Waals surface area contributed by atoms with Gasteiger partial charge in [-0.15, -0.1) is 0 Å². The topological polar surface area (TPSA) is 83.5 Å². The molecule has 108 valence electrons. The molecule has 18 heavy (non-hydrogen) atoms. The molecule has 0 saturated heterocycles. The maximum atomic E-state index is 11.3. The van der Waals surface area contributed by atoms with Crippen molar-refractivity contribution in [3.05, 3.63) is 0 Å². The highest BCUT2D eigenvalue weighted by atomic mass is 16.6. The van der Waals surface area contributed by atoms with Crippen molar-refractivity contribution < 1.29 is 33.6 Å². The Kier molecular flexibility index (Phi) is 8.86. The van der Waals surface area contributed by atoms with E-state index in [4.69, 9.17) is 18.9 Å². The molecule has 7 heteroatoms. The van der Waals surface area contributed by atoms with Crippen LogP contribution in [0.2, 0.25) is 0 Å². The number of esters is 1. The van der Waals surface area contributed by atoms with E-state index in [9.17, 15) is 9.90 Å². The van der Waals surface area contributed by atoms with Crippen molar-refractivity contribution in [2.45, 2.75) is 24.4 Å². The first-order valence-electron chi connectivity index (χ1n) is 5.40. The van der Waals surface area contributed by atoms with Crippen LogP contribution in [-0.2, 0) is 28.5 Å². The van der Waals surface area contributed by atoms with Gasteiger partial charge in [0.25, 0.3) is 0 Å². The SMILES string of the molecule is COC[C@@H](OC)[C@@H](OC)[C@H](OC)[C@@H](O)C(=O)OC. The Bertz CT molecular complexity index is 233. The van der Waals surface area contributed by atoms with Crippen LogP contribution in [-0.4, -0.2) is 77.6 Å². The van der Waals surface area contributed by atoms with Gasteiger partial charge in [0.1, 0.15) is 18.3 Å². The van der Waals surface area contributed by atoms with Crippen LogP contribution in [0.3, 0.4) is 0 Å². The second kappa shape index (κ2) is 9.23. The Morgan fingerprint density at radius 2 is 1.56 bits per heavy atom. The van der Waals surface area contributed by atoms with Gasteiger partial charge in [-0.05, 0) is 0 Å². The summed E-state index contributed by atoms with van der Waals surface area (Å²) < 4.78 is 25.0. The molecule has 1 N–H and O–H groups in total. The minimum absolute atomic E-state index is 0.239. The number of methoxy groups -OCH3 is 5. The fraction of sp³-hybridized carbons (Fsp3) is 0.909. The summed E-state index contributed by atoms with van der Waals surface area (Å²) in [5.74, 6) is -0.795. The number of rotatable bonds is 9. The lowest BCUT2D eigenvalue weighted by atomic mass is 10.0. The van der Waals surface area contributed by atoms with Crippen LogP contribution in [0, 0.1) is 0 Å². The summed E-state index contributed by atoms with van der Waals surface area (Å²) in [6.07, 6.45) is -3.53. The molecule has 0 aliphatic carbocycles. The fourth-order valence-corrected chi connectivity index (χ4v) is 1.66. The number of hydrogen-bond acceptors (Lipinski definition) is 7. The van der Waals surface area contributed by atoms with Gasteiger partial charge in [0.2, 0.25) is 0 Å². The van der Waals surface area contributed by atoms with E-state index in [2.05, 4.69) is 4.74 Å². The van der Waals surface area contributed by atoms with Gasteiger partial charge in [-0.25, -0.2) is 4.79 Å². The molecule has 0 radical (unpaired) electrons. The van der Waals surface area contributed by atoms with Crippen molar-refractivity contribution in [1.29, 1.82) is 0 Å². The average Bonchev–Trinajstić information content (AvgIpc) is 2.40. The molecule has 0 saturated carbocycles. The Morgan fingerprint density at radius 3 is 1.89 bits per heavy atom. The number of aliphatic hydroxyl groups excluding tert-OH is 1. The van der Waals surface area contributed by atoms with Crippen molar-refractivity contribution >= 4 is 5.97 Å². The molecule has 0 aliphatic rings. The van der Waals surface area contributed by atoms with Crippen LogP contribution >= 0.6 is 0 Å². The number of ether oxygens (including phenoxy) is 5. The monoisotopic (exact) mass is 266 g/mol. The first kappa shape index (κ1) is 17.3. The predicted molar refractivity (Wildman–Crippen MR) is 62.3 cm³/mol. The summed E-state index contributed by atoms with van der Waals surface area (Å²) in [7, 11) is 6.97. The normalized spacial score (nSPS) is 17.9. The van der Waals surface area contributed by atoms with Gasteiger partial charge in [0.05, 0.1) is 13.7 Å². The van der Waals surface area contributed by atoms with Crippen molar-refractivity contribution in [2.24, 2.45) is 0 Å². The van der Waals surface area contributed by atoms with Crippen LogP contribution in [0.15, 0.2) is 0 Å². The molecule has 0 aromatic heterocycles. The molecule has 0 aromatic carbocycles. The highest BCUT2D eigenvalue weighted by molar-refractivity contribution is 5.75. The van der Waals surface area contributed by atoms with Crippen molar-refractivity contribution in [1.82, 2.24) is 0 Å². The molecule has 0 aromatic rings. The van der Waals surface area contributed by atoms with Gasteiger partial charge in [-0.3, -0.25) is 0 Å². The van der Waals surface area contributed by atoms with E-state index in [1.807, 2.05) is 0 Å². The van der Waals surface area contributed by atoms with Crippen LogP contribution in [0.5, 0.6) is 0 Å². The number of carbonyl (C=O) groups excluding carboxylic acids is 1. The van der Waals surface area contributed by atoms with E-state index in [1.165, 1.54) is 35.5 Å². The first-order chi connectivity index (χ1) is 8.56. The Morgan fingerprint density at radius 1 is 1.00 bits per heavy atom. The van der Waals surface area contributed by atoms with Crippen molar-refractivity contribution in [3.63, 3.8) is 0 Å². The van der Waals surface area contributed by atoms with E-state index in [0.717, 1.165) is 0 Å². The molecule has 0 spiro atoms. The second-order valence-corrected chi connectivity index (χ2v) is 3.60. The first-order valence-corrected chi connectivity index (χ1v) is 5.40. The highest BCUT2D eigenvalue weighted by Crippen LogP contribution is 2.15. The molecule has 0 heterocycles. The smallest absolute Gasteiger partial charge is 0.337 e. The molecule has 0 aliphatic heterocycles. The molecule has 0 fully saturated rings. The zero-order chi connectivity index (χ0) is 14.1. The molecule has 7 nitrogen and oxygen atoms in total. The summed E-state index contributed by atoms with van der Waals surface area (Å²) >= 11 is 0. The largest absolute Gasteiger partial charge is 0.467 e. The van der Waals surface area contributed by atoms with Gasteiger partial charge < -0.3 is 28.8 Å². The molecule has 0 bridgehead atoms. The van der Waals surface area contributed by atoms with Gasteiger partial charge in [0, 0.05) is 28.4 Å².